The second kappa shape index (κ2) is 6.57. The third-order valence-corrected chi connectivity index (χ3v) is 5.00. The first kappa shape index (κ1) is 16.2. The van der Waals surface area contributed by atoms with E-state index in [2.05, 4.69) is 31.9 Å². The summed E-state index contributed by atoms with van der Waals surface area (Å²) in [6, 6.07) is 7.84. The van der Waals surface area contributed by atoms with E-state index in [0.29, 0.717) is 11.5 Å². The van der Waals surface area contributed by atoms with Crippen LogP contribution in [0.15, 0.2) is 52.8 Å². The lowest BCUT2D eigenvalue weighted by atomic mass is 10.2. The van der Waals surface area contributed by atoms with Crippen LogP contribution in [0.2, 0.25) is 0 Å². The number of aryl methyl sites for hydroxylation is 1. The van der Waals surface area contributed by atoms with Crippen molar-refractivity contribution in [2.24, 2.45) is 17.0 Å². The third-order valence-electron chi connectivity index (χ3n) is 4.01. The van der Waals surface area contributed by atoms with Crippen molar-refractivity contribution in [3.05, 3.63) is 48.5 Å². The molecule has 0 fully saturated rings. The maximum Gasteiger partial charge on any atom is 0.173 e. The minimum absolute atomic E-state index is 0.500. The number of aliphatic imine (C=N–C) groups is 2. The van der Waals surface area contributed by atoms with Crippen LogP contribution in [0.3, 0.4) is 0 Å². The molecule has 0 aliphatic heterocycles. The van der Waals surface area contributed by atoms with Gasteiger partial charge in [-0.2, -0.15) is 0 Å². The fourth-order valence-electron chi connectivity index (χ4n) is 2.73. The lowest BCUT2D eigenvalue weighted by Gasteiger charge is -2.05. The zero-order chi connectivity index (χ0) is 18.1. The molecule has 7 nitrogen and oxygen atoms in total. The molecule has 4 heterocycles. The van der Waals surface area contributed by atoms with Crippen molar-refractivity contribution >= 4 is 34.8 Å². The molecule has 0 amide bonds. The molecule has 0 saturated carbocycles. The maximum atomic E-state index is 4.75. The molecule has 0 bridgehead atoms. The zero-order valence-corrected chi connectivity index (χ0v) is 15.1. The van der Waals surface area contributed by atoms with Gasteiger partial charge in [-0.05, 0) is 31.0 Å². The van der Waals surface area contributed by atoms with Crippen molar-refractivity contribution in [2.75, 3.05) is 7.05 Å². The van der Waals surface area contributed by atoms with Crippen LogP contribution in [0.1, 0.15) is 5.69 Å². The van der Waals surface area contributed by atoms with Crippen molar-refractivity contribution < 1.29 is 0 Å². The van der Waals surface area contributed by atoms with Gasteiger partial charge < -0.3 is 4.57 Å². The molecule has 4 aromatic heterocycles. The highest BCUT2D eigenvalue weighted by atomic mass is 32.1. The summed E-state index contributed by atoms with van der Waals surface area (Å²) in [7, 11) is 3.67. The molecule has 0 unspecified atom stereocenters. The molecule has 8 heteroatoms. The number of rotatable bonds is 3. The van der Waals surface area contributed by atoms with E-state index in [1.54, 1.807) is 19.4 Å². The molecule has 0 aliphatic rings. The highest BCUT2D eigenvalue weighted by Gasteiger charge is 2.17. The van der Waals surface area contributed by atoms with E-state index in [0.717, 1.165) is 32.2 Å². The van der Waals surface area contributed by atoms with Gasteiger partial charge in [0.2, 0.25) is 0 Å². The maximum absolute atomic E-state index is 4.75. The van der Waals surface area contributed by atoms with Crippen molar-refractivity contribution in [3.63, 3.8) is 0 Å². The molecule has 0 atom stereocenters. The summed E-state index contributed by atoms with van der Waals surface area (Å²) in [5, 5.41) is 11.1. The average Bonchev–Trinajstić information content (AvgIpc) is 3.31. The normalized spacial score (nSPS) is 11.8. The molecule has 4 aromatic rings. The van der Waals surface area contributed by atoms with Gasteiger partial charge >= 0.3 is 0 Å². The predicted octanol–water partition coefficient (Wildman–Crippen LogP) is 3.23. The topological polar surface area (TPSA) is 81.2 Å². The first-order chi connectivity index (χ1) is 12.7. The molecular formula is C18H15N7S. The third kappa shape index (κ3) is 2.70. The Morgan fingerprint density at radius 1 is 1.23 bits per heavy atom. The number of hydrogen-bond acceptors (Lipinski definition) is 6. The van der Waals surface area contributed by atoms with Crippen LogP contribution in [0, 0.1) is 0 Å². The van der Waals surface area contributed by atoms with E-state index in [-0.39, 0.29) is 0 Å². The van der Waals surface area contributed by atoms with Crippen molar-refractivity contribution in [1.29, 1.82) is 0 Å². The largest absolute Gasteiger partial charge is 0.350 e. The minimum atomic E-state index is 0.500. The van der Waals surface area contributed by atoms with Crippen molar-refractivity contribution in [1.82, 2.24) is 24.7 Å². The fraction of sp³-hybridized carbons (Fsp3) is 0.111. The van der Waals surface area contributed by atoms with Gasteiger partial charge in [-0.1, -0.05) is 11.3 Å². The number of hydrogen-bond donors (Lipinski definition) is 0. The number of pyridine rings is 2. The van der Waals surface area contributed by atoms with Gasteiger partial charge in [-0.3, -0.25) is 9.98 Å². The van der Waals surface area contributed by atoms with Crippen molar-refractivity contribution in [2.45, 2.75) is 0 Å². The van der Waals surface area contributed by atoms with E-state index >= 15 is 0 Å². The highest BCUT2D eigenvalue weighted by molar-refractivity contribution is 7.17. The predicted molar refractivity (Wildman–Crippen MR) is 105 cm³/mol. The molecule has 0 aromatic carbocycles. The molecular weight excluding hydrogens is 346 g/mol. The van der Waals surface area contributed by atoms with Gasteiger partial charge in [0.05, 0.1) is 5.52 Å². The smallest absolute Gasteiger partial charge is 0.173 e. The molecule has 0 radical (unpaired) electrons. The fourth-order valence-corrected chi connectivity index (χ4v) is 3.52. The molecule has 0 saturated heterocycles. The molecule has 128 valence electrons. The lowest BCUT2D eigenvalue weighted by molar-refractivity contribution is 0.968. The Morgan fingerprint density at radius 2 is 2.08 bits per heavy atom. The summed E-state index contributed by atoms with van der Waals surface area (Å²) in [5.41, 5.74) is 3.37. The summed E-state index contributed by atoms with van der Waals surface area (Å²) in [4.78, 5) is 17.1. The van der Waals surface area contributed by atoms with Crippen LogP contribution < -0.4 is 0 Å². The molecule has 0 N–H and O–H groups in total. The Labute approximate surface area is 153 Å². The van der Waals surface area contributed by atoms with Gasteiger partial charge in [-0.15, -0.1) is 10.2 Å². The standard InChI is InChI=1S/C18H15N7S/c1-19-16(20-2)15-12-6-8-25(3)14(12)9-13(22-15)18-24-23-17(26-18)11-5-4-7-21-10-11/h4-10H,1H2,2-3H3. The summed E-state index contributed by atoms with van der Waals surface area (Å²) < 4.78 is 2.03. The second-order valence-electron chi connectivity index (χ2n) is 5.57. The Morgan fingerprint density at radius 3 is 2.81 bits per heavy atom. The molecule has 4 rings (SSSR count). The number of fused-ring (bicyclic) bond motifs is 1. The zero-order valence-electron chi connectivity index (χ0n) is 14.3. The summed E-state index contributed by atoms with van der Waals surface area (Å²) in [6.07, 6.45) is 5.49. The Kier molecular flexibility index (Phi) is 4.10. The van der Waals surface area contributed by atoms with Gasteiger partial charge in [0.15, 0.2) is 10.8 Å². The van der Waals surface area contributed by atoms with E-state index < -0.39 is 0 Å². The number of nitrogens with zero attached hydrogens (tertiary/aromatic N) is 7. The summed E-state index contributed by atoms with van der Waals surface area (Å²) >= 11 is 1.47. The number of amidine groups is 1. The van der Waals surface area contributed by atoms with Gasteiger partial charge in [-0.25, -0.2) is 9.98 Å². The highest BCUT2D eigenvalue weighted by Crippen LogP contribution is 2.31. The molecule has 0 spiro atoms. The van der Waals surface area contributed by atoms with Crippen molar-refractivity contribution in [3.8, 4) is 21.3 Å². The Hall–Kier alpha value is -3.26. The first-order valence-electron chi connectivity index (χ1n) is 7.85. The van der Waals surface area contributed by atoms with Crippen LogP contribution >= 0.6 is 11.3 Å². The molecule has 26 heavy (non-hydrogen) atoms. The van der Waals surface area contributed by atoms with E-state index in [1.807, 2.05) is 42.1 Å². The van der Waals surface area contributed by atoms with E-state index in [9.17, 15) is 0 Å². The second-order valence-corrected chi connectivity index (χ2v) is 6.55. The average molecular weight is 361 g/mol. The number of aromatic nitrogens is 5. The minimum Gasteiger partial charge on any atom is -0.350 e. The lowest BCUT2D eigenvalue weighted by Crippen LogP contribution is -2.03. The van der Waals surface area contributed by atoms with Crippen LogP contribution in [-0.2, 0) is 7.05 Å². The van der Waals surface area contributed by atoms with Crippen LogP contribution in [0.5, 0.6) is 0 Å². The first-order valence-corrected chi connectivity index (χ1v) is 8.67. The van der Waals surface area contributed by atoms with E-state index in [1.165, 1.54) is 11.3 Å². The SMILES string of the molecule is C=NC(=NC)c1nc(-c2nnc(-c3cccnc3)s2)cc2c1ccn2C. The van der Waals surface area contributed by atoms with Crippen LogP contribution in [0.4, 0.5) is 0 Å². The molecule has 0 aliphatic carbocycles. The van der Waals surface area contributed by atoms with Crippen LogP contribution in [-0.4, -0.2) is 44.3 Å². The Balaban J connectivity index is 1.88. The van der Waals surface area contributed by atoms with E-state index in [4.69, 9.17) is 4.98 Å². The quantitative estimate of drug-likeness (QED) is 0.414. The summed E-state index contributed by atoms with van der Waals surface area (Å²) in [6.45, 7) is 3.61. The van der Waals surface area contributed by atoms with Gasteiger partial charge in [0.1, 0.15) is 16.4 Å². The Bertz CT molecular complexity index is 1130. The summed E-state index contributed by atoms with van der Waals surface area (Å²) in [5.74, 6) is 0.500. The van der Waals surface area contributed by atoms with Crippen LogP contribution in [0.25, 0.3) is 32.2 Å². The monoisotopic (exact) mass is 361 g/mol. The van der Waals surface area contributed by atoms with Gasteiger partial charge in [0, 0.05) is 43.6 Å². The van der Waals surface area contributed by atoms with Gasteiger partial charge in [0.25, 0.3) is 0 Å².